The van der Waals surface area contributed by atoms with Crippen molar-refractivity contribution in [1.82, 2.24) is 9.21 Å². The summed E-state index contributed by atoms with van der Waals surface area (Å²) in [5.41, 5.74) is 1.98. The van der Waals surface area contributed by atoms with Crippen molar-refractivity contribution in [2.75, 3.05) is 38.2 Å². The van der Waals surface area contributed by atoms with Crippen LogP contribution in [0.1, 0.15) is 47.5 Å². The SMILES string of the molecule is COc1ccc(S(=O)(=O)N2CCC(c3ccc(F)cc3)CC2)cc1N1[C@@H]2CC[C@H]1CN(C(=O)c1ccc(F)cc1Cl)C2. The number of carbonyl (C=O) groups is 1. The van der Waals surface area contributed by atoms with Crippen LogP contribution in [-0.2, 0) is 10.0 Å². The fourth-order valence-corrected chi connectivity index (χ4v) is 8.38. The molecule has 222 valence electrons. The maximum Gasteiger partial charge on any atom is 0.255 e. The predicted octanol–water partition coefficient (Wildman–Crippen LogP) is 5.69. The van der Waals surface area contributed by atoms with E-state index >= 15 is 0 Å². The zero-order valence-corrected chi connectivity index (χ0v) is 24.8. The maximum absolute atomic E-state index is 13.8. The number of anilines is 1. The molecule has 0 radical (unpaired) electrons. The van der Waals surface area contributed by atoms with Gasteiger partial charge in [0.25, 0.3) is 5.91 Å². The zero-order valence-electron chi connectivity index (χ0n) is 23.2. The number of piperidine rings is 1. The molecule has 0 aromatic heterocycles. The molecule has 2 atom stereocenters. The Labute approximate surface area is 249 Å². The van der Waals surface area contributed by atoms with E-state index in [1.165, 1.54) is 28.6 Å². The van der Waals surface area contributed by atoms with Crippen molar-refractivity contribution < 1.29 is 26.7 Å². The lowest BCUT2D eigenvalue weighted by Gasteiger charge is -2.43. The Kier molecular flexibility index (Phi) is 7.89. The van der Waals surface area contributed by atoms with Gasteiger partial charge < -0.3 is 14.5 Å². The molecule has 0 aliphatic carbocycles. The van der Waals surface area contributed by atoms with Crippen LogP contribution >= 0.6 is 11.6 Å². The van der Waals surface area contributed by atoms with E-state index < -0.39 is 15.8 Å². The van der Waals surface area contributed by atoms with E-state index in [0.717, 1.165) is 24.5 Å². The molecule has 3 saturated heterocycles. The lowest BCUT2D eigenvalue weighted by molar-refractivity contribution is 0.0718. The number of ether oxygens (including phenoxy) is 1. The van der Waals surface area contributed by atoms with Crippen LogP contribution in [-0.4, -0.2) is 68.9 Å². The van der Waals surface area contributed by atoms with Gasteiger partial charge in [-0.2, -0.15) is 4.31 Å². The Morgan fingerprint density at radius 2 is 1.52 bits per heavy atom. The number of halogens is 3. The van der Waals surface area contributed by atoms with Crippen LogP contribution in [0, 0.1) is 11.6 Å². The zero-order chi connectivity index (χ0) is 29.6. The quantitative estimate of drug-likeness (QED) is 0.356. The second-order valence-electron chi connectivity index (χ2n) is 11.2. The molecule has 0 N–H and O–H groups in total. The highest BCUT2D eigenvalue weighted by Crippen LogP contribution is 2.42. The topological polar surface area (TPSA) is 70.2 Å². The van der Waals surface area contributed by atoms with E-state index in [2.05, 4.69) is 4.90 Å². The number of hydrogen-bond donors (Lipinski definition) is 0. The van der Waals surface area contributed by atoms with Crippen LogP contribution in [0.4, 0.5) is 14.5 Å². The second-order valence-corrected chi connectivity index (χ2v) is 13.5. The third-order valence-corrected chi connectivity index (χ3v) is 11.0. The first kappa shape index (κ1) is 28.9. The minimum atomic E-state index is -3.76. The fourth-order valence-electron chi connectivity index (χ4n) is 6.64. The molecular weight excluding hydrogens is 584 g/mol. The average molecular weight is 616 g/mol. The van der Waals surface area contributed by atoms with Gasteiger partial charge in [-0.05, 0) is 85.7 Å². The summed E-state index contributed by atoms with van der Waals surface area (Å²) >= 11 is 6.18. The molecule has 42 heavy (non-hydrogen) atoms. The standard InChI is InChI=1S/C31H32ClF2N3O4S/c1-41-30-11-9-26(42(39,40)36-14-12-21(13-15-36)20-2-4-22(33)5-3-20)17-29(30)37-24-7-8-25(37)19-35(18-24)31(38)27-10-6-23(34)16-28(27)32/h2-6,9-11,16-17,21,24-25H,7-8,12-15,18-19H2,1H3/t24-,25+. The van der Waals surface area contributed by atoms with Crippen molar-refractivity contribution in [2.45, 2.75) is 48.6 Å². The van der Waals surface area contributed by atoms with Gasteiger partial charge >= 0.3 is 0 Å². The number of sulfonamides is 1. The predicted molar refractivity (Wildman–Crippen MR) is 157 cm³/mol. The van der Waals surface area contributed by atoms with Crippen molar-refractivity contribution in [1.29, 1.82) is 0 Å². The average Bonchev–Trinajstić information content (AvgIpc) is 3.25. The molecule has 6 rings (SSSR count). The lowest BCUT2D eigenvalue weighted by Crippen LogP contribution is -2.55. The Bertz CT molecular complexity index is 1580. The molecule has 0 spiro atoms. The van der Waals surface area contributed by atoms with Crippen LogP contribution in [0.5, 0.6) is 5.75 Å². The lowest BCUT2D eigenvalue weighted by atomic mass is 9.90. The van der Waals surface area contributed by atoms with Gasteiger partial charge in [0.1, 0.15) is 17.4 Å². The summed E-state index contributed by atoms with van der Waals surface area (Å²) in [6.45, 7) is 1.62. The molecule has 3 aliphatic rings. The van der Waals surface area contributed by atoms with E-state index in [1.54, 1.807) is 42.3 Å². The summed E-state index contributed by atoms with van der Waals surface area (Å²) < 4.78 is 61.6. The fraction of sp³-hybridized carbons (Fsp3) is 0.387. The van der Waals surface area contributed by atoms with Crippen LogP contribution in [0.2, 0.25) is 5.02 Å². The third kappa shape index (κ3) is 5.36. The molecule has 2 bridgehead atoms. The monoisotopic (exact) mass is 615 g/mol. The Morgan fingerprint density at radius 3 is 2.14 bits per heavy atom. The van der Waals surface area contributed by atoms with Gasteiger partial charge in [0.15, 0.2) is 0 Å². The molecular formula is C31H32ClF2N3O4S. The number of rotatable bonds is 6. The Balaban J connectivity index is 1.20. The van der Waals surface area contributed by atoms with Crippen molar-refractivity contribution in [2.24, 2.45) is 0 Å². The summed E-state index contributed by atoms with van der Waals surface area (Å²) in [4.78, 5) is 17.4. The molecule has 3 aromatic rings. The minimum absolute atomic E-state index is 0.0368. The molecule has 3 heterocycles. The molecule has 1 amide bonds. The highest BCUT2D eigenvalue weighted by Gasteiger charge is 2.43. The minimum Gasteiger partial charge on any atom is -0.495 e. The van der Waals surface area contributed by atoms with E-state index in [0.29, 0.717) is 50.5 Å². The first-order valence-electron chi connectivity index (χ1n) is 14.1. The normalized spacial score (nSPS) is 21.5. The molecule has 3 aromatic carbocycles. The first-order chi connectivity index (χ1) is 20.2. The van der Waals surface area contributed by atoms with Gasteiger partial charge in [0, 0.05) is 38.3 Å². The van der Waals surface area contributed by atoms with Crippen LogP contribution in [0.25, 0.3) is 0 Å². The van der Waals surface area contributed by atoms with E-state index in [9.17, 15) is 22.0 Å². The van der Waals surface area contributed by atoms with Gasteiger partial charge in [-0.25, -0.2) is 17.2 Å². The van der Waals surface area contributed by atoms with E-state index in [-0.39, 0.29) is 45.2 Å². The maximum atomic E-state index is 13.8. The van der Waals surface area contributed by atoms with Gasteiger partial charge in [-0.15, -0.1) is 0 Å². The number of benzene rings is 3. The van der Waals surface area contributed by atoms with Crippen molar-refractivity contribution in [3.8, 4) is 5.75 Å². The van der Waals surface area contributed by atoms with Gasteiger partial charge in [0.2, 0.25) is 10.0 Å². The smallest absolute Gasteiger partial charge is 0.255 e. The number of methoxy groups -OCH3 is 1. The largest absolute Gasteiger partial charge is 0.495 e. The molecule has 7 nitrogen and oxygen atoms in total. The molecule has 3 aliphatic heterocycles. The first-order valence-corrected chi connectivity index (χ1v) is 15.9. The Hall–Kier alpha value is -3.21. The Morgan fingerprint density at radius 1 is 0.881 bits per heavy atom. The summed E-state index contributed by atoms with van der Waals surface area (Å²) in [5, 5.41) is 0.0797. The number of piperazine rings is 1. The van der Waals surface area contributed by atoms with Crippen LogP contribution in [0.3, 0.4) is 0 Å². The second kappa shape index (κ2) is 11.5. The van der Waals surface area contributed by atoms with Crippen molar-refractivity contribution in [3.05, 3.63) is 88.4 Å². The van der Waals surface area contributed by atoms with Gasteiger partial charge in [0.05, 0.1) is 28.3 Å². The van der Waals surface area contributed by atoms with Gasteiger partial charge in [-0.1, -0.05) is 23.7 Å². The third-order valence-electron chi connectivity index (χ3n) is 8.79. The summed E-state index contributed by atoms with van der Waals surface area (Å²) in [5.74, 6) is -0.276. The number of amides is 1. The van der Waals surface area contributed by atoms with Crippen LogP contribution in [0.15, 0.2) is 65.6 Å². The molecule has 3 fully saturated rings. The van der Waals surface area contributed by atoms with Gasteiger partial charge in [-0.3, -0.25) is 4.79 Å². The van der Waals surface area contributed by atoms with Crippen molar-refractivity contribution in [3.63, 3.8) is 0 Å². The summed E-state index contributed by atoms with van der Waals surface area (Å²) in [7, 11) is -2.20. The summed E-state index contributed by atoms with van der Waals surface area (Å²) in [6.07, 6.45) is 2.99. The van der Waals surface area contributed by atoms with E-state index in [1.807, 2.05) is 0 Å². The number of carbonyl (C=O) groups excluding carboxylic acids is 1. The number of hydrogen-bond acceptors (Lipinski definition) is 5. The molecule has 0 saturated carbocycles. The number of likely N-dealkylation sites (tertiary alicyclic amines) is 1. The highest BCUT2D eigenvalue weighted by atomic mass is 35.5. The van der Waals surface area contributed by atoms with Crippen LogP contribution < -0.4 is 9.64 Å². The van der Waals surface area contributed by atoms with E-state index in [4.69, 9.17) is 16.3 Å². The summed E-state index contributed by atoms with van der Waals surface area (Å²) in [6, 6.07) is 15.1. The van der Waals surface area contributed by atoms with Crippen molar-refractivity contribution >= 4 is 33.2 Å². The highest BCUT2D eigenvalue weighted by molar-refractivity contribution is 7.89. The molecule has 11 heteroatoms. The number of nitrogens with zero attached hydrogens (tertiary/aromatic N) is 3. The number of fused-ring (bicyclic) bond motifs is 2. The molecule has 0 unspecified atom stereocenters.